The standard InChI is InChI=1S/C12H15FN2O3S/c1-3-12(2,8-16)15-19(17,18)10-4-5-11(13)9(6-10)7-14/h4-6,15-16H,3,8H2,1-2H3. The van der Waals surface area contributed by atoms with Gasteiger partial charge in [-0.15, -0.1) is 0 Å². The minimum absolute atomic E-state index is 0.210. The fourth-order valence-corrected chi connectivity index (χ4v) is 2.85. The van der Waals surface area contributed by atoms with Crippen LogP contribution in [0.4, 0.5) is 4.39 Å². The molecule has 0 heterocycles. The molecule has 0 aliphatic carbocycles. The topological polar surface area (TPSA) is 90.2 Å². The molecule has 0 aliphatic heterocycles. The Hall–Kier alpha value is -1.49. The Morgan fingerprint density at radius 1 is 1.53 bits per heavy atom. The number of nitrogens with one attached hydrogen (secondary N) is 1. The molecule has 0 aliphatic rings. The lowest BCUT2D eigenvalue weighted by atomic mass is 10.0. The smallest absolute Gasteiger partial charge is 0.241 e. The highest BCUT2D eigenvalue weighted by Gasteiger charge is 2.28. The first-order valence-electron chi connectivity index (χ1n) is 5.62. The van der Waals surface area contributed by atoms with Crippen molar-refractivity contribution >= 4 is 10.0 Å². The van der Waals surface area contributed by atoms with Crippen LogP contribution in [-0.2, 0) is 10.0 Å². The monoisotopic (exact) mass is 286 g/mol. The quantitative estimate of drug-likeness (QED) is 0.849. The van der Waals surface area contributed by atoms with Crippen LogP contribution < -0.4 is 4.72 Å². The SMILES string of the molecule is CCC(C)(CO)NS(=O)(=O)c1ccc(F)c(C#N)c1. The van der Waals surface area contributed by atoms with Crippen molar-refractivity contribution in [1.82, 2.24) is 4.72 Å². The highest BCUT2D eigenvalue weighted by atomic mass is 32.2. The van der Waals surface area contributed by atoms with Crippen LogP contribution in [0.2, 0.25) is 0 Å². The first-order chi connectivity index (χ1) is 8.78. The molecule has 1 rings (SSSR count). The van der Waals surface area contributed by atoms with Crippen molar-refractivity contribution in [3.63, 3.8) is 0 Å². The fraction of sp³-hybridized carbons (Fsp3) is 0.417. The van der Waals surface area contributed by atoms with E-state index in [0.717, 1.165) is 18.2 Å². The van der Waals surface area contributed by atoms with E-state index in [4.69, 9.17) is 5.26 Å². The molecule has 0 saturated carbocycles. The van der Waals surface area contributed by atoms with Crippen molar-refractivity contribution in [2.45, 2.75) is 30.7 Å². The lowest BCUT2D eigenvalue weighted by molar-refractivity contribution is 0.191. The van der Waals surface area contributed by atoms with Crippen LogP contribution in [0.15, 0.2) is 23.1 Å². The molecule has 2 N–H and O–H groups in total. The van der Waals surface area contributed by atoms with Gasteiger partial charge in [-0.2, -0.15) is 5.26 Å². The third-order valence-corrected chi connectivity index (χ3v) is 4.51. The van der Waals surface area contributed by atoms with Crippen molar-refractivity contribution < 1.29 is 17.9 Å². The summed E-state index contributed by atoms with van der Waals surface area (Å²) in [6, 6.07) is 4.55. The van der Waals surface area contributed by atoms with Gasteiger partial charge < -0.3 is 5.11 Å². The third-order valence-electron chi connectivity index (χ3n) is 2.88. The molecule has 1 aromatic rings. The zero-order valence-corrected chi connectivity index (χ0v) is 11.5. The van der Waals surface area contributed by atoms with E-state index in [1.165, 1.54) is 0 Å². The van der Waals surface area contributed by atoms with E-state index >= 15 is 0 Å². The first-order valence-corrected chi connectivity index (χ1v) is 7.11. The Labute approximate surface area is 111 Å². The zero-order chi connectivity index (χ0) is 14.7. The predicted molar refractivity (Wildman–Crippen MR) is 67.2 cm³/mol. The molecule has 5 nitrogen and oxygen atoms in total. The number of nitrogens with zero attached hydrogens (tertiary/aromatic N) is 1. The zero-order valence-electron chi connectivity index (χ0n) is 10.6. The Kier molecular flexibility index (Phi) is 4.63. The minimum Gasteiger partial charge on any atom is -0.394 e. The van der Waals surface area contributed by atoms with Gasteiger partial charge in [-0.3, -0.25) is 0 Å². The number of hydrogen-bond donors (Lipinski definition) is 2. The summed E-state index contributed by atoms with van der Waals surface area (Å²) in [5.41, 5.74) is -1.34. The molecule has 0 saturated heterocycles. The summed E-state index contributed by atoms with van der Waals surface area (Å²) in [7, 11) is -3.92. The van der Waals surface area contributed by atoms with E-state index in [0.29, 0.717) is 6.42 Å². The Balaban J connectivity index is 3.19. The second kappa shape index (κ2) is 5.65. The lowest BCUT2D eigenvalue weighted by Crippen LogP contribution is -2.48. The van der Waals surface area contributed by atoms with Gasteiger partial charge in [0.25, 0.3) is 0 Å². The summed E-state index contributed by atoms with van der Waals surface area (Å²) in [5, 5.41) is 17.9. The largest absolute Gasteiger partial charge is 0.394 e. The number of nitriles is 1. The second-order valence-corrected chi connectivity index (χ2v) is 6.11. The molecule has 0 spiro atoms. The molecule has 1 atom stereocenters. The van der Waals surface area contributed by atoms with E-state index in [-0.39, 0.29) is 17.1 Å². The molecule has 104 valence electrons. The van der Waals surface area contributed by atoms with E-state index in [1.54, 1.807) is 19.9 Å². The average molecular weight is 286 g/mol. The molecule has 0 amide bonds. The molecular weight excluding hydrogens is 271 g/mol. The van der Waals surface area contributed by atoms with Crippen molar-refractivity contribution in [3.8, 4) is 6.07 Å². The number of halogens is 1. The van der Waals surface area contributed by atoms with Crippen LogP contribution in [0.1, 0.15) is 25.8 Å². The number of aliphatic hydroxyl groups is 1. The molecule has 19 heavy (non-hydrogen) atoms. The van der Waals surface area contributed by atoms with Gasteiger partial charge in [-0.1, -0.05) is 6.92 Å². The molecule has 0 aromatic heterocycles. The van der Waals surface area contributed by atoms with Crippen molar-refractivity contribution in [2.75, 3.05) is 6.61 Å². The third kappa shape index (κ3) is 3.50. The fourth-order valence-electron chi connectivity index (χ4n) is 1.36. The average Bonchev–Trinajstić information content (AvgIpc) is 2.38. The molecule has 7 heteroatoms. The lowest BCUT2D eigenvalue weighted by Gasteiger charge is -2.26. The Morgan fingerprint density at radius 3 is 2.63 bits per heavy atom. The van der Waals surface area contributed by atoms with Gasteiger partial charge in [0.2, 0.25) is 10.0 Å². The summed E-state index contributed by atoms with van der Waals surface area (Å²) in [5.74, 6) is -0.776. The molecule has 0 bridgehead atoms. The summed E-state index contributed by atoms with van der Waals surface area (Å²) in [6.45, 7) is 2.92. The number of benzene rings is 1. The van der Waals surface area contributed by atoms with Crippen LogP contribution in [0.3, 0.4) is 0 Å². The first kappa shape index (κ1) is 15.6. The number of hydrogen-bond acceptors (Lipinski definition) is 4. The van der Waals surface area contributed by atoms with Gasteiger partial charge in [0.15, 0.2) is 0 Å². The van der Waals surface area contributed by atoms with E-state index in [2.05, 4.69) is 4.72 Å². The summed E-state index contributed by atoms with van der Waals surface area (Å²) >= 11 is 0. The van der Waals surface area contributed by atoms with E-state index in [1.807, 2.05) is 0 Å². The summed E-state index contributed by atoms with van der Waals surface area (Å²) in [6.07, 6.45) is 0.384. The maximum absolute atomic E-state index is 13.2. The summed E-state index contributed by atoms with van der Waals surface area (Å²) in [4.78, 5) is -0.210. The number of rotatable bonds is 5. The van der Waals surface area contributed by atoms with Gasteiger partial charge in [0.05, 0.1) is 22.6 Å². The molecule has 0 fully saturated rings. The van der Waals surface area contributed by atoms with Crippen LogP contribution in [-0.4, -0.2) is 25.7 Å². The van der Waals surface area contributed by atoms with Gasteiger partial charge in [-0.25, -0.2) is 17.5 Å². The maximum atomic E-state index is 13.2. The second-order valence-electron chi connectivity index (χ2n) is 4.43. The van der Waals surface area contributed by atoms with Crippen LogP contribution in [0.25, 0.3) is 0 Å². The van der Waals surface area contributed by atoms with Gasteiger partial charge >= 0.3 is 0 Å². The molecule has 0 radical (unpaired) electrons. The molecule has 1 unspecified atom stereocenters. The van der Waals surface area contributed by atoms with Crippen LogP contribution in [0, 0.1) is 17.1 Å². The number of aliphatic hydroxyl groups excluding tert-OH is 1. The number of sulfonamides is 1. The minimum atomic E-state index is -3.92. The highest BCUT2D eigenvalue weighted by Crippen LogP contribution is 2.18. The maximum Gasteiger partial charge on any atom is 0.241 e. The summed E-state index contributed by atoms with van der Waals surface area (Å²) < 4.78 is 39.7. The van der Waals surface area contributed by atoms with Gasteiger partial charge in [0.1, 0.15) is 11.9 Å². The van der Waals surface area contributed by atoms with Gasteiger partial charge in [0, 0.05) is 0 Å². The van der Waals surface area contributed by atoms with Crippen molar-refractivity contribution in [2.24, 2.45) is 0 Å². The van der Waals surface area contributed by atoms with E-state index in [9.17, 15) is 17.9 Å². The van der Waals surface area contributed by atoms with Crippen molar-refractivity contribution in [1.29, 1.82) is 5.26 Å². The van der Waals surface area contributed by atoms with Crippen LogP contribution in [0.5, 0.6) is 0 Å². The van der Waals surface area contributed by atoms with Crippen LogP contribution >= 0.6 is 0 Å². The predicted octanol–water partition coefficient (Wildman–Crippen LogP) is 1.14. The normalized spacial score (nSPS) is 14.7. The molecule has 1 aromatic carbocycles. The highest BCUT2D eigenvalue weighted by molar-refractivity contribution is 7.89. The van der Waals surface area contributed by atoms with Gasteiger partial charge in [-0.05, 0) is 31.5 Å². The Morgan fingerprint density at radius 2 is 2.16 bits per heavy atom. The Bertz CT molecular complexity index is 604. The van der Waals surface area contributed by atoms with Crippen molar-refractivity contribution in [3.05, 3.63) is 29.6 Å². The molecular formula is C12H15FN2O3S. The van der Waals surface area contributed by atoms with E-state index < -0.39 is 21.4 Å².